The highest BCUT2D eigenvalue weighted by Crippen LogP contribution is 2.35. The topological polar surface area (TPSA) is 73.2 Å². The van der Waals surface area contributed by atoms with Gasteiger partial charge in [-0.3, -0.25) is 15.0 Å². The summed E-state index contributed by atoms with van der Waals surface area (Å²) in [6.45, 7) is 1.97. The number of hydrogen-bond acceptors (Lipinski definition) is 5. The summed E-state index contributed by atoms with van der Waals surface area (Å²) in [4.78, 5) is 31.9. The zero-order valence-electron chi connectivity index (χ0n) is 15.6. The second-order valence-electron chi connectivity index (χ2n) is 6.89. The van der Waals surface area contributed by atoms with Crippen LogP contribution in [0.4, 0.5) is 0 Å². The summed E-state index contributed by atoms with van der Waals surface area (Å²) in [6, 6.07) is 17.3. The monoisotopic (exact) mass is 403 g/mol. The molecule has 2 aromatic heterocycles. The van der Waals surface area contributed by atoms with E-state index in [4.69, 9.17) is 4.74 Å². The minimum atomic E-state index is -0.673. The van der Waals surface area contributed by atoms with Crippen LogP contribution in [0.3, 0.4) is 0 Å². The van der Waals surface area contributed by atoms with Crippen molar-refractivity contribution >= 4 is 27.5 Å². The lowest BCUT2D eigenvalue weighted by Crippen LogP contribution is -2.40. The molecule has 1 unspecified atom stereocenters. The van der Waals surface area contributed by atoms with Gasteiger partial charge in [0, 0.05) is 16.9 Å². The Balaban J connectivity index is 1.50. The molecule has 3 heterocycles. The van der Waals surface area contributed by atoms with E-state index in [9.17, 15) is 9.59 Å². The number of rotatable bonds is 3. The zero-order chi connectivity index (χ0) is 20.0. The van der Waals surface area contributed by atoms with Crippen LogP contribution in [0.5, 0.6) is 5.75 Å². The first-order valence-corrected chi connectivity index (χ1v) is 10.0. The van der Waals surface area contributed by atoms with Gasteiger partial charge in [0.05, 0.1) is 5.39 Å². The lowest BCUT2D eigenvalue weighted by Gasteiger charge is -2.12. The fourth-order valence-electron chi connectivity index (χ4n) is 3.65. The van der Waals surface area contributed by atoms with Crippen LogP contribution in [-0.2, 0) is 11.2 Å². The van der Waals surface area contributed by atoms with Gasteiger partial charge < -0.3 is 4.74 Å². The molecule has 6 nitrogen and oxygen atoms in total. The molecule has 0 saturated heterocycles. The van der Waals surface area contributed by atoms with E-state index in [1.165, 1.54) is 17.7 Å². The van der Waals surface area contributed by atoms with Crippen LogP contribution in [0, 0.1) is 6.92 Å². The number of benzene rings is 2. The Hall–Kier alpha value is -3.45. The van der Waals surface area contributed by atoms with Crippen LogP contribution in [0.1, 0.15) is 10.4 Å². The zero-order valence-corrected chi connectivity index (χ0v) is 16.4. The van der Waals surface area contributed by atoms with Crippen LogP contribution in [0.15, 0.2) is 65.7 Å². The van der Waals surface area contributed by atoms with Gasteiger partial charge in [-0.15, -0.1) is 11.3 Å². The van der Waals surface area contributed by atoms with Gasteiger partial charge in [-0.2, -0.15) is 0 Å². The average Bonchev–Trinajstić information content (AvgIpc) is 3.32. The Morgan fingerprint density at radius 2 is 1.93 bits per heavy atom. The Labute approximate surface area is 170 Å². The number of nitrogens with one attached hydrogen (secondary N) is 1. The van der Waals surface area contributed by atoms with Crippen molar-refractivity contribution in [3.05, 3.63) is 81.7 Å². The summed E-state index contributed by atoms with van der Waals surface area (Å²) < 4.78 is 6.87. The number of carbonyl (C=O) groups excluding carboxylic acids is 1. The molecule has 1 aliphatic rings. The smallest absolute Gasteiger partial charge is 0.281 e. The third kappa shape index (κ3) is 3.00. The van der Waals surface area contributed by atoms with E-state index >= 15 is 0 Å². The Morgan fingerprint density at radius 1 is 1.17 bits per heavy atom. The molecule has 0 saturated carbocycles. The van der Waals surface area contributed by atoms with E-state index in [0.717, 1.165) is 26.2 Å². The third-order valence-corrected chi connectivity index (χ3v) is 6.03. The largest absolute Gasteiger partial charge is 0.480 e. The van der Waals surface area contributed by atoms with Gasteiger partial charge in [0.15, 0.2) is 6.10 Å². The second kappa shape index (κ2) is 6.86. The van der Waals surface area contributed by atoms with Crippen LogP contribution in [0.2, 0.25) is 0 Å². The molecule has 0 aliphatic carbocycles. The Morgan fingerprint density at radius 3 is 2.72 bits per heavy atom. The maximum absolute atomic E-state index is 13.2. The number of fused-ring (bicyclic) bond motifs is 2. The number of aryl methyl sites for hydroxylation is 1. The number of aromatic nitrogens is 2. The first-order chi connectivity index (χ1) is 14.1. The number of amides is 1. The molecular formula is C22H17N3O3S. The van der Waals surface area contributed by atoms with Crippen molar-refractivity contribution in [2.45, 2.75) is 19.4 Å². The molecule has 0 fully saturated rings. The first kappa shape index (κ1) is 17.6. The molecule has 5 rings (SSSR count). The Bertz CT molecular complexity index is 1270. The molecule has 0 radical (unpaired) electrons. The average molecular weight is 403 g/mol. The molecular weight excluding hydrogens is 386 g/mol. The maximum Gasteiger partial charge on any atom is 0.281 e. The molecule has 1 N–H and O–H groups in total. The van der Waals surface area contributed by atoms with Gasteiger partial charge in [-0.1, -0.05) is 48.5 Å². The number of hydrogen-bond donors (Lipinski definition) is 1. The quantitative estimate of drug-likeness (QED) is 0.568. The van der Waals surface area contributed by atoms with Gasteiger partial charge in [0.25, 0.3) is 11.5 Å². The van der Waals surface area contributed by atoms with Crippen molar-refractivity contribution < 1.29 is 9.53 Å². The molecule has 29 heavy (non-hydrogen) atoms. The molecule has 0 spiro atoms. The maximum atomic E-state index is 13.2. The van der Waals surface area contributed by atoms with E-state index in [1.807, 2.05) is 61.5 Å². The number of thiophene rings is 1. The van der Waals surface area contributed by atoms with Crippen LogP contribution in [-0.4, -0.2) is 21.7 Å². The van der Waals surface area contributed by atoms with Gasteiger partial charge in [-0.05, 0) is 24.1 Å². The fraction of sp³-hybridized carbons (Fsp3) is 0.136. The van der Waals surface area contributed by atoms with Crippen molar-refractivity contribution in [1.82, 2.24) is 9.66 Å². The minimum Gasteiger partial charge on any atom is -0.480 e. The lowest BCUT2D eigenvalue weighted by atomic mass is 10.0. The third-order valence-electron chi connectivity index (χ3n) is 5.02. The highest BCUT2D eigenvalue weighted by Gasteiger charge is 2.29. The van der Waals surface area contributed by atoms with Crippen LogP contribution in [0.25, 0.3) is 21.3 Å². The van der Waals surface area contributed by atoms with Crippen molar-refractivity contribution in [2.24, 2.45) is 0 Å². The highest BCUT2D eigenvalue weighted by atomic mass is 32.1. The molecule has 144 valence electrons. The van der Waals surface area contributed by atoms with Crippen LogP contribution >= 0.6 is 11.3 Å². The van der Waals surface area contributed by atoms with E-state index < -0.39 is 6.10 Å². The summed E-state index contributed by atoms with van der Waals surface area (Å²) in [5, 5.41) is 0.511. The summed E-state index contributed by atoms with van der Waals surface area (Å²) in [5.74, 6) is 0.325. The molecule has 1 aliphatic heterocycles. The molecule has 0 bridgehead atoms. The summed E-state index contributed by atoms with van der Waals surface area (Å²) >= 11 is 1.47. The normalized spacial score (nSPS) is 15.1. The number of carbonyl (C=O) groups is 1. The minimum absolute atomic E-state index is 0.304. The summed E-state index contributed by atoms with van der Waals surface area (Å²) in [5.41, 5.74) is 5.14. The molecule has 1 atom stereocenters. The summed E-state index contributed by atoms with van der Waals surface area (Å²) in [7, 11) is 0. The van der Waals surface area contributed by atoms with E-state index in [-0.39, 0.29) is 11.5 Å². The van der Waals surface area contributed by atoms with E-state index in [0.29, 0.717) is 22.4 Å². The van der Waals surface area contributed by atoms with Crippen molar-refractivity contribution in [1.29, 1.82) is 0 Å². The molecule has 4 aromatic rings. The van der Waals surface area contributed by atoms with Crippen LogP contribution < -0.4 is 15.7 Å². The predicted octanol–water partition coefficient (Wildman–Crippen LogP) is 3.51. The van der Waals surface area contributed by atoms with E-state index in [1.54, 1.807) is 0 Å². The van der Waals surface area contributed by atoms with Crippen molar-refractivity contribution in [3.63, 3.8) is 0 Å². The van der Waals surface area contributed by atoms with E-state index in [2.05, 4.69) is 10.4 Å². The first-order valence-electron chi connectivity index (χ1n) is 9.23. The lowest BCUT2D eigenvalue weighted by molar-refractivity contribution is -0.123. The van der Waals surface area contributed by atoms with Gasteiger partial charge in [-0.25, -0.2) is 9.66 Å². The number of para-hydroxylation sites is 1. The SMILES string of the molecule is Cc1sc2ncn(NC(=O)C3Cc4ccccc4O3)c(=O)c2c1-c1ccccc1. The Kier molecular flexibility index (Phi) is 4.17. The predicted molar refractivity (Wildman–Crippen MR) is 113 cm³/mol. The van der Waals surface area contributed by atoms with Crippen molar-refractivity contribution in [3.8, 4) is 16.9 Å². The van der Waals surface area contributed by atoms with Crippen molar-refractivity contribution in [2.75, 3.05) is 5.43 Å². The second-order valence-corrected chi connectivity index (χ2v) is 8.10. The number of ether oxygens (including phenoxy) is 1. The molecule has 7 heteroatoms. The fourth-order valence-corrected chi connectivity index (χ4v) is 4.66. The molecule has 2 aromatic carbocycles. The number of nitrogens with zero attached hydrogens (tertiary/aromatic N) is 2. The molecule has 1 amide bonds. The van der Waals surface area contributed by atoms with Gasteiger partial charge in [0.2, 0.25) is 0 Å². The highest BCUT2D eigenvalue weighted by molar-refractivity contribution is 7.19. The standard InChI is InChI=1S/C22H17N3O3S/c1-13-18(14-7-3-2-4-8-14)19-21(29-13)23-12-25(22(19)27)24-20(26)17-11-15-9-5-6-10-16(15)28-17/h2-10,12,17H,11H2,1H3,(H,24,26). The van der Waals surface area contributed by atoms with Gasteiger partial charge in [0.1, 0.15) is 16.9 Å². The van der Waals surface area contributed by atoms with Gasteiger partial charge >= 0.3 is 0 Å². The summed E-state index contributed by atoms with van der Waals surface area (Å²) in [6.07, 6.45) is 1.15.